The molecule has 0 amide bonds. The summed E-state index contributed by atoms with van der Waals surface area (Å²) in [7, 11) is -2.14. The minimum absolute atomic E-state index is 0.0521. The summed E-state index contributed by atoms with van der Waals surface area (Å²) in [5.74, 6) is 0. The van der Waals surface area contributed by atoms with Gasteiger partial charge in [0.05, 0.1) is 0 Å². The molecule has 0 aliphatic carbocycles. The van der Waals surface area contributed by atoms with Crippen LogP contribution in [0.2, 0.25) is 0 Å². The van der Waals surface area contributed by atoms with Gasteiger partial charge in [-0.25, -0.2) is 0 Å². The summed E-state index contributed by atoms with van der Waals surface area (Å²) in [6.07, 6.45) is 0.0521. The average molecular weight is 136 g/mol. The van der Waals surface area contributed by atoms with E-state index in [9.17, 15) is 9.36 Å². The Morgan fingerprint density at radius 3 is 2.25 bits per heavy atom. The fourth-order valence-corrected chi connectivity index (χ4v) is 0.630. The average Bonchev–Trinajstić information content (AvgIpc) is 1.59. The normalized spacial score (nSPS) is 10.8. The van der Waals surface area contributed by atoms with Crippen molar-refractivity contribution in [2.75, 3.05) is 19.7 Å². The maximum absolute atomic E-state index is 10.7. The third-order valence-corrected chi connectivity index (χ3v) is 1.22. The second-order valence-corrected chi connectivity index (χ2v) is 5.37. The van der Waals surface area contributed by atoms with Gasteiger partial charge >= 0.3 is 0 Å². The van der Waals surface area contributed by atoms with E-state index < -0.39 is 7.14 Å². The third kappa shape index (κ3) is 5.70. The van der Waals surface area contributed by atoms with Crippen molar-refractivity contribution in [2.24, 2.45) is 0 Å². The third-order valence-electron chi connectivity index (χ3n) is 0.453. The van der Waals surface area contributed by atoms with E-state index in [4.69, 9.17) is 0 Å². The van der Waals surface area contributed by atoms with Gasteiger partial charge in [-0.3, -0.25) is 4.79 Å². The van der Waals surface area contributed by atoms with E-state index in [0.717, 1.165) is 0 Å². The van der Waals surface area contributed by atoms with Crippen molar-refractivity contribution in [3.05, 3.63) is 0 Å². The summed E-state index contributed by atoms with van der Waals surface area (Å²) in [6, 6.07) is 0. The molecule has 0 unspecified atom stereocenters. The molecule has 0 N–H and O–H groups in total. The number of rotatable bonds is 3. The Labute approximate surface area is 48.4 Å². The van der Waals surface area contributed by atoms with Gasteiger partial charge in [0.25, 0.3) is 6.47 Å². The van der Waals surface area contributed by atoms with Crippen molar-refractivity contribution < 1.29 is 14.1 Å². The lowest BCUT2D eigenvalue weighted by Crippen LogP contribution is -1.90. The predicted octanol–water partition coefficient (Wildman–Crippen LogP) is 0.740. The molecule has 0 saturated carbocycles. The van der Waals surface area contributed by atoms with Gasteiger partial charge in [-0.15, -0.1) is 0 Å². The highest BCUT2D eigenvalue weighted by molar-refractivity contribution is 7.62. The molecular weight excluding hydrogens is 127 g/mol. The SMILES string of the molecule is CP(C)(=O)COC=O. The number of carbonyl (C=O) groups is 1. The zero-order chi connectivity index (χ0) is 6.62. The molecule has 0 aromatic rings. The molecule has 4 heteroatoms. The minimum Gasteiger partial charge on any atom is -0.460 e. The standard InChI is InChI=1S/C4H9O3P/c1-8(2,6)4-7-3-5/h3H,4H2,1-2H3. The van der Waals surface area contributed by atoms with Crippen LogP contribution in [0.3, 0.4) is 0 Å². The summed E-state index contributed by atoms with van der Waals surface area (Å²) in [5.41, 5.74) is 0. The first-order valence-corrected chi connectivity index (χ1v) is 4.94. The van der Waals surface area contributed by atoms with Crippen LogP contribution in [0.1, 0.15) is 0 Å². The monoisotopic (exact) mass is 136 g/mol. The fourth-order valence-electron chi connectivity index (χ4n) is 0.210. The molecule has 0 bridgehead atoms. The van der Waals surface area contributed by atoms with Gasteiger partial charge in [0.15, 0.2) is 0 Å². The van der Waals surface area contributed by atoms with Crippen molar-refractivity contribution in [3.63, 3.8) is 0 Å². The molecule has 0 rings (SSSR count). The topological polar surface area (TPSA) is 43.4 Å². The lowest BCUT2D eigenvalue weighted by atomic mass is 11.5. The Balaban J connectivity index is 3.40. The van der Waals surface area contributed by atoms with Gasteiger partial charge in [-0.1, -0.05) is 0 Å². The van der Waals surface area contributed by atoms with Gasteiger partial charge in [0, 0.05) is 0 Å². The molecule has 0 aromatic carbocycles. The van der Waals surface area contributed by atoms with E-state index in [2.05, 4.69) is 4.74 Å². The number of carbonyl (C=O) groups excluding carboxylic acids is 1. The van der Waals surface area contributed by atoms with Crippen LogP contribution in [-0.4, -0.2) is 26.1 Å². The van der Waals surface area contributed by atoms with Crippen molar-refractivity contribution in [3.8, 4) is 0 Å². The fraction of sp³-hybridized carbons (Fsp3) is 0.750. The van der Waals surface area contributed by atoms with E-state index in [1.54, 1.807) is 13.3 Å². The van der Waals surface area contributed by atoms with E-state index in [0.29, 0.717) is 6.47 Å². The van der Waals surface area contributed by atoms with Crippen molar-refractivity contribution in [1.82, 2.24) is 0 Å². The summed E-state index contributed by atoms with van der Waals surface area (Å²) >= 11 is 0. The molecule has 8 heavy (non-hydrogen) atoms. The summed E-state index contributed by atoms with van der Waals surface area (Å²) in [5, 5.41) is 0. The van der Waals surface area contributed by atoms with Crippen molar-refractivity contribution in [2.45, 2.75) is 0 Å². The first-order valence-electron chi connectivity index (χ1n) is 2.15. The molecule has 3 nitrogen and oxygen atoms in total. The Kier molecular flexibility index (Phi) is 2.77. The van der Waals surface area contributed by atoms with Gasteiger partial charge in [-0.05, 0) is 13.3 Å². The molecule has 0 heterocycles. The Morgan fingerprint density at radius 1 is 1.62 bits per heavy atom. The molecule has 0 saturated heterocycles. The van der Waals surface area contributed by atoms with Gasteiger partial charge in [0.1, 0.15) is 13.5 Å². The second-order valence-electron chi connectivity index (χ2n) is 1.97. The number of hydrogen-bond acceptors (Lipinski definition) is 3. The maximum atomic E-state index is 10.7. The number of hydrogen-bond donors (Lipinski definition) is 0. The highest BCUT2D eigenvalue weighted by Crippen LogP contribution is 2.34. The lowest BCUT2D eigenvalue weighted by Gasteiger charge is -2.01. The van der Waals surface area contributed by atoms with Crippen LogP contribution < -0.4 is 0 Å². The van der Waals surface area contributed by atoms with Crippen LogP contribution in [0.25, 0.3) is 0 Å². The zero-order valence-electron chi connectivity index (χ0n) is 4.96. The lowest BCUT2D eigenvalue weighted by molar-refractivity contribution is -0.126. The molecule has 48 valence electrons. The minimum atomic E-state index is -2.14. The maximum Gasteiger partial charge on any atom is 0.293 e. The van der Waals surface area contributed by atoms with Gasteiger partial charge < -0.3 is 9.30 Å². The van der Waals surface area contributed by atoms with Crippen molar-refractivity contribution in [1.29, 1.82) is 0 Å². The molecule has 0 radical (unpaired) electrons. The van der Waals surface area contributed by atoms with E-state index in [1.807, 2.05) is 0 Å². The first-order chi connectivity index (χ1) is 3.56. The summed E-state index contributed by atoms with van der Waals surface area (Å²) in [4.78, 5) is 9.51. The highest BCUT2D eigenvalue weighted by atomic mass is 31.2. The molecule has 0 atom stereocenters. The molecular formula is C4H9O3P. The van der Waals surface area contributed by atoms with Crippen LogP contribution in [0.5, 0.6) is 0 Å². The Morgan fingerprint density at radius 2 is 2.12 bits per heavy atom. The summed E-state index contributed by atoms with van der Waals surface area (Å²) < 4.78 is 14.9. The predicted molar refractivity (Wildman–Crippen MR) is 31.5 cm³/mol. The largest absolute Gasteiger partial charge is 0.460 e. The van der Waals surface area contributed by atoms with Crippen LogP contribution in [-0.2, 0) is 14.1 Å². The van der Waals surface area contributed by atoms with Crippen LogP contribution in [0.15, 0.2) is 0 Å². The van der Waals surface area contributed by atoms with Gasteiger partial charge in [-0.2, -0.15) is 0 Å². The smallest absolute Gasteiger partial charge is 0.293 e. The van der Waals surface area contributed by atoms with Gasteiger partial charge in [0.2, 0.25) is 0 Å². The second kappa shape index (κ2) is 2.88. The van der Waals surface area contributed by atoms with Crippen LogP contribution in [0, 0.1) is 0 Å². The highest BCUT2D eigenvalue weighted by Gasteiger charge is 2.04. The van der Waals surface area contributed by atoms with Crippen LogP contribution in [0.4, 0.5) is 0 Å². The van der Waals surface area contributed by atoms with E-state index in [-0.39, 0.29) is 6.35 Å². The Bertz CT molecular complexity index is 114. The molecule has 0 aliphatic heterocycles. The number of ether oxygens (including phenoxy) is 1. The molecule has 0 aromatic heterocycles. The van der Waals surface area contributed by atoms with E-state index >= 15 is 0 Å². The molecule has 0 aliphatic rings. The summed E-state index contributed by atoms with van der Waals surface area (Å²) in [6.45, 7) is 3.44. The van der Waals surface area contributed by atoms with E-state index in [1.165, 1.54) is 0 Å². The zero-order valence-corrected chi connectivity index (χ0v) is 5.85. The van der Waals surface area contributed by atoms with Crippen LogP contribution >= 0.6 is 7.14 Å². The quantitative estimate of drug-likeness (QED) is 0.424. The Hall–Kier alpha value is -0.300. The first kappa shape index (κ1) is 7.70. The van der Waals surface area contributed by atoms with Crippen molar-refractivity contribution >= 4 is 13.6 Å². The molecule has 0 fully saturated rings. The molecule has 0 spiro atoms.